The molecule has 0 spiro atoms. The Kier molecular flexibility index (Phi) is 4.23. The number of nitrogens with zero attached hydrogens (tertiary/aromatic N) is 4. The number of hydrogen-bond donors (Lipinski definition) is 0. The summed E-state index contributed by atoms with van der Waals surface area (Å²) < 4.78 is 1.84. The maximum absolute atomic E-state index is 9.05. The first kappa shape index (κ1) is 14.1. The fraction of sp³-hybridized carbons (Fsp3) is 0.375. The lowest BCUT2D eigenvalue weighted by atomic mass is 9.99. The van der Waals surface area contributed by atoms with Gasteiger partial charge in [0.25, 0.3) is 0 Å². The molecule has 3 rings (SSSR count). The molecule has 0 amide bonds. The molecule has 1 aromatic carbocycles. The highest BCUT2D eigenvalue weighted by Crippen LogP contribution is 2.19. The molecule has 1 fully saturated rings. The molecule has 0 N–H and O–H groups in total. The van der Waals surface area contributed by atoms with Gasteiger partial charge in [0.1, 0.15) is 0 Å². The second kappa shape index (κ2) is 6.30. The Morgan fingerprint density at radius 3 is 3.14 bits per heavy atom. The fourth-order valence-corrected chi connectivity index (χ4v) is 2.95. The molecule has 5 heteroatoms. The van der Waals surface area contributed by atoms with Crippen LogP contribution in [-0.2, 0) is 6.54 Å². The summed E-state index contributed by atoms with van der Waals surface area (Å²) in [6.07, 6.45) is 6.04. The first-order chi connectivity index (χ1) is 10.2. The molecule has 2 aromatic rings. The third-order valence-corrected chi connectivity index (χ3v) is 4.04. The Bertz CT molecular complexity index is 658. The smallest absolute Gasteiger partial charge is 0.0669 e. The second-order valence-corrected chi connectivity index (χ2v) is 5.91. The molecule has 1 saturated heterocycles. The van der Waals surface area contributed by atoms with Gasteiger partial charge in [0.15, 0.2) is 0 Å². The second-order valence-electron chi connectivity index (χ2n) is 5.48. The van der Waals surface area contributed by atoms with Crippen LogP contribution in [-0.4, -0.2) is 27.8 Å². The van der Waals surface area contributed by atoms with Crippen molar-refractivity contribution in [2.24, 2.45) is 5.92 Å². The van der Waals surface area contributed by atoms with E-state index in [0.29, 0.717) is 5.02 Å². The van der Waals surface area contributed by atoms with Gasteiger partial charge >= 0.3 is 0 Å². The van der Waals surface area contributed by atoms with Gasteiger partial charge in [-0.05, 0) is 37.6 Å². The van der Waals surface area contributed by atoms with Crippen molar-refractivity contribution in [1.29, 1.82) is 5.26 Å². The third-order valence-electron chi connectivity index (χ3n) is 3.80. The van der Waals surface area contributed by atoms with Gasteiger partial charge in [0.2, 0.25) is 0 Å². The number of rotatable bonds is 3. The number of likely N-dealkylation sites (tertiary alicyclic amines) is 1. The standard InChI is InChI=1S/C16H17ClN4/c17-15-4-1-5-16(7-15)21-12-14(9-19-21)11-20-6-2-3-13(8-18)10-20/h1,4-5,7,9,12-13H,2-3,6,10-11H2. The van der Waals surface area contributed by atoms with E-state index in [0.717, 1.165) is 43.7 Å². The zero-order chi connectivity index (χ0) is 14.7. The largest absolute Gasteiger partial charge is 0.298 e. The molecule has 21 heavy (non-hydrogen) atoms. The molecule has 0 radical (unpaired) electrons. The predicted octanol–water partition coefficient (Wildman–Crippen LogP) is 3.26. The van der Waals surface area contributed by atoms with Crippen molar-refractivity contribution in [3.8, 4) is 11.8 Å². The SMILES string of the molecule is N#CC1CCCN(Cc2cnn(-c3cccc(Cl)c3)c2)C1. The molecular formula is C16H17ClN4. The van der Waals surface area contributed by atoms with Crippen molar-refractivity contribution in [3.05, 3.63) is 47.2 Å². The molecule has 1 aliphatic heterocycles. The van der Waals surface area contributed by atoms with Crippen molar-refractivity contribution in [1.82, 2.24) is 14.7 Å². The minimum atomic E-state index is 0.168. The molecule has 1 aromatic heterocycles. The predicted molar refractivity (Wildman–Crippen MR) is 82.2 cm³/mol. The van der Waals surface area contributed by atoms with E-state index in [1.807, 2.05) is 41.3 Å². The van der Waals surface area contributed by atoms with E-state index in [1.54, 1.807) is 0 Å². The Balaban J connectivity index is 1.69. The number of piperidine rings is 1. The van der Waals surface area contributed by atoms with Crippen LogP contribution in [0.2, 0.25) is 5.02 Å². The first-order valence-corrected chi connectivity index (χ1v) is 7.54. The zero-order valence-corrected chi connectivity index (χ0v) is 12.5. The van der Waals surface area contributed by atoms with Crippen LogP contribution in [0.5, 0.6) is 0 Å². The average molecular weight is 301 g/mol. The van der Waals surface area contributed by atoms with Gasteiger partial charge < -0.3 is 0 Å². The number of halogens is 1. The van der Waals surface area contributed by atoms with E-state index < -0.39 is 0 Å². The van der Waals surface area contributed by atoms with Gasteiger partial charge in [0.05, 0.1) is 23.9 Å². The van der Waals surface area contributed by atoms with Crippen LogP contribution in [0.3, 0.4) is 0 Å². The fourth-order valence-electron chi connectivity index (χ4n) is 2.76. The molecular weight excluding hydrogens is 284 g/mol. The van der Waals surface area contributed by atoms with Crippen molar-refractivity contribution in [2.75, 3.05) is 13.1 Å². The Hall–Kier alpha value is -1.83. The van der Waals surface area contributed by atoms with Crippen molar-refractivity contribution >= 4 is 11.6 Å². The van der Waals surface area contributed by atoms with Crippen LogP contribution in [0.15, 0.2) is 36.7 Å². The highest BCUT2D eigenvalue weighted by molar-refractivity contribution is 6.30. The number of benzene rings is 1. The summed E-state index contributed by atoms with van der Waals surface area (Å²) in [4.78, 5) is 2.33. The monoisotopic (exact) mass is 300 g/mol. The quantitative estimate of drug-likeness (QED) is 0.874. The summed E-state index contributed by atoms with van der Waals surface area (Å²) in [7, 11) is 0. The van der Waals surface area contributed by atoms with Crippen LogP contribution < -0.4 is 0 Å². The highest BCUT2D eigenvalue weighted by atomic mass is 35.5. The van der Waals surface area contributed by atoms with Crippen molar-refractivity contribution < 1.29 is 0 Å². The summed E-state index contributed by atoms with van der Waals surface area (Å²) in [5.41, 5.74) is 2.12. The summed E-state index contributed by atoms with van der Waals surface area (Å²) in [5, 5.41) is 14.2. The van der Waals surface area contributed by atoms with E-state index in [2.05, 4.69) is 16.1 Å². The number of aromatic nitrogens is 2. The molecule has 0 saturated carbocycles. The molecule has 0 bridgehead atoms. The molecule has 2 heterocycles. The summed E-state index contributed by atoms with van der Waals surface area (Å²) in [6, 6.07) is 10.0. The summed E-state index contributed by atoms with van der Waals surface area (Å²) in [5.74, 6) is 0.168. The molecule has 108 valence electrons. The Morgan fingerprint density at radius 2 is 2.33 bits per heavy atom. The van der Waals surface area contributed by atoms with Crippen LogP contribution in [0, 0.1) is 17.2 Å². The highest BCUT2D eigenvalue weighted by Gasteiger charge is 2.19. The van der Waals surface area contributed by atoms with E-state index in [9.17, 15) is 0 Å². The maximum Gasteiger partial charge on any atom is 0.0669 e. The summed E-state index contributed by atoms with van der Waals surface area (Å²) in [6.45, 7) is 2.76. The van der Waals surface area contributed by atoms with Crippen molar-refractivity contribution in [2.45, 2.75) is 19.4 Å². The molecule has 1 atom stereocenters. The topological polar surface area (TPSA) is 44.9 Å². The zero-order valence-electron chi connectivity index (χ0n) is 11.7. The van der Waals surface area contributed by atoms with Gasteiger partial charge in [-0.1, -0.05) is 17.7 Å². The normalized spacial score (nSPS) is 19.3. The van der Waals surface area contributed by atoms with Crippen LogP contribution in [0.25, 0.3) is 5.69 Å². The van der Waals surface area contributed by atoms with Gasteiger partial charge in [-0.2, -0.15) is 10.4 Å². The minimum Gasteiger partial charge on any atom is -0.298 e. The molecule has 1 aliphatic rings. The van der Waals surface area contributed by atoms with Crippen molar-refractivity contribution in [3.63, 3.8) is 0 Å². The van der Waals surface area contributed by atoms with E-state index in [-0.39, 0.29) is 5.92 Å². The van der Waals surface area contributed by atoms with Gasteiger partial charge in [-0.3, -0.25) is 4.90 Å². The lowest BCUT2D eigenvalue weighted by molar-refractivity contribution is 0.192. The average Bonchev–Trinajstić information content (AvgIpc) is 2.96. The van der Waals surface area contributed by atoms with Crippen LogP contribution >= 0.6 is 11.6 Å². The van der Waals surface area contributed by atoms with E-state index >= 15 is 0 Å². The summed E-state index contributed by atoms with van der Waals surface area (Å²) >= 11 is 6.01. The first-order valence-electron chi connectivity index (χ1n) is 7.16. The lowest BCUT2D eigenvalue weighted by Gasteiger charge is -2.28. The minimum absolute atomic E-state index is 0.168. The Morgan fingerprint density at radius 1 is 1.43 bits per heavy atom. The third kappa shape index (κ3) is 3.44. The molecule has 0 aliphatic carbocycles. The number of nitriles is 1. The Labute approximate surface area is 129 Å². The van der Waals surface area contributed by atoms with Gasteiger partial charge in [-0.15, -0.1) is 0 Å². The van der Waals surface area contributed by atoms with Crippen LogP contribution in [0.1, 0.15) is 18.4 Å². The van der Waals surface area contributed by atoms with E-state index in [1.165, 1.54) is 0 Å². The van der Waals surface area contributed by atoms with Gasteiger partial charge in [0, 0.05) is 29.9 Å². The number of hydrogen-bond acceptors (Lipinski definition) is 3. The molecule has 1 unspecified atom stereocenters. The van der Waals surface area contributed by atoms with Crippen LogP contribution in [0.4, 0.5) is 0 Å². The van der Waals surface area contributed by atoms with E-state index in [4.69, 9.17) is 16.9 Å². The molecule has 4 nitrogen and oxygen atoms in total. The van der Waals surface area contributed by atoms with Gasteiger partial charge in [-0.25, -0.2) is 4.68 Å². The lowest BCUT2D eigenvalue weighted by Crippen LogP contribution is -2.34. The maximum atomic E-state index is 9.05.